The number of aromatic nitrogens is 1. The van der Waals surface area contributed by atoms with Crippen LogP contribution in [0.25, 0.3) is 10.9 Å². The first-order valence-electron chi connectivity index (χ1n) is 12.3. The zero-order valence-corrected chi connectivity index (χ0v) is 21.2. The standard InChI is InChI=1S/C31H28N2O3S/c34-31(32(22-26-14-6-2-7-15-26)21-20-25-12-4-1-5-13-25)24-33-23-30(28-18-10-11-19-29(28)33)37(35,36)27-16-8-3-9-17-27/h1-19,23H,20-22,24H2. The summed E-state index contributed by atoms with van der Waals surface area (Å²) < 4.78 is 28.7. The van der Waals surface area contributed by atoms with Crippen LogP contribution in [0.1, 0.15) is 11.1 Å². The monoisotopic (exact) mass is 508 g/mol. The molecule has 186 valence electrons. The molecule has 0 unspecified atom stereocenters. The molecule has 5 aromatic rings. The van der Waals surface area contributed by atoms with Gasteiger partial charge in [-0.15, -0.1) is 0 Å². The van der Waals surface area contributed by atoms with Crippen LogP contribution in [0.15, 0.2) is 131 Å². The number of rotatable bonds is 9. The predicted molar refractivity (Wildman–Crippen MR) is 146 cm³/mol. The number of benzene rings is 4. The average Bonchev–Trinajstić information content (AvgIpc) is 3.31. The quantitative estimate of drug-likeness (QED) is 0.255. The summed E-state index contributed by atoms with van der Waals surface area (Å²) in [6.45, 7) is 1.10. The van der Waals surface area contributed by atoms with E-state index < -0.39 is 9.84 Å². The predicted octanol–water partition coefficient (Wildman–Crippen LogP) is 5.75. The van der Waals surface area contributed by atoms with Crippen molar-refractivity contribution in [3.8, 4) is 0 Å². The van der Waals surface area contributed by atoms with E-state index in [1.807, 2.05) is 71.6 Å². The summed E-state index contributed by atoms with van der Waals surface area (Å²) in [5.74, 6) is -0.0656. The van der Waals surface area contributed by atoms with Crippen LogP contribution in [0.2, 0.25) is 0 Å². The van der Waals surface area contributed by atoms with Crippen LogP contribution >= 0.6 is 0 Å². The van der Waals surface area contributed by atoms with E-state index in [1.165, 1.54) is 0 Å². The highest BCUT2D eigenvalue weighted by Crippen LogP contribution is 2.30. The Balaban J connectivity index is 1.46. The third kappa shape index (κ3) is 5.49. The fraction of sp³-hybridized carbons (Fsp3) is 0.129. The van der Waals surface area contributed by atoms with E-state index in [0.29, 0.717) is 24.0 Å². The second kappa shape index (κ2) is 10.8. The number of hydrogen-bond acceptors (Lipinski definition) is 3. The van der Waals surface area contributed by atoms with Gasteiger partial charge in [-0.2, -0.15) is 0 Å². The van der Waals surface area contributed by atoms with E-state index in [2.05, 4.69) is 12.1 Å². The molecular formula is C31H28N2O3S. The van der Waals surface area contributed by atoms with Gasteiger partial charge in [0.1, 0.15) is 6.54 Å². The van der Waals surface area contributed by atoms with Crippen molar-refractivity contribution < 1.29 is 13.2 Å². The van der Waals surface area contributed by atoms with Gasteiger partial charge in [-0.1, -0.05) is 97.1 Å². The topological polar surface area (TPSA) is 59.4 Å². The lowest BCUT2D eigenvalue weighted by Crippen LogP contribution is -2.35. The summed E-state index contributed by atoms with van der Waals surface area (Å²) in [6, 6.07) is 35.8. The van der Waals surface area contributed by atoms with Crippen LogP contribution in [-0.4, -0.2) is 30.3 Å². The third-order valence-electron chi connectivity index (χ3n) is 6.48. The fourth-order valence-electron chi connectivity index (χ4n) is 4.53. The van der Waals surface area contributed by atoms with Gasteiger partial charge in [-0.05, 0) is 35.7 Å². The molecule has 0 fully saturated rings. The first kappa shape index (κ1) is 24.5. The minimum atomic E-state index is -3.74. The first-order chi connectivity index (χ1) is 18.0. The Morgan fingerprint density at radius 3 is 1.95 bits per heavy atom. The van der Waals surface area contributed by atoms with Gasteiger partial charge in [0.2, 0.25) is 15.7 Å². The largest absolute Gasteiger partial charge is 0.337 e. The molecule has 6 heteroatoms. The number of nitrogens with zero attached hydrogens (tertiary/aromatic N) is 2. The van der Waals surface area contributed by atoms with Crippen LogP contribution in [0.4, 0.5) is 0 Å². The number of sulfone groups is 1. The normalized spacial score (nSPS) is 11.5. The Morgan fingerprint density at radius 2 is 1.27 bits per heavy atom. The average molecular weight is 509 g/mol. The van der Waals surface area contributed by atoms with Crippen LogP contribution in [-0.2, 0) is 34.1 Å². The maximum absolute atomic E-state index is 13.7. The number of fused-ring (bicyclic) bond motifs is 1. The molecule has 5 nitrogen and oxygen atoms in total. The van der Waals surface area contributed by atoms with Crippen molar-refractivity contribution in [1.82, 2.24) is 9.47 Å². The summed E-state index contributed by atoms with van der Waals surface area (Å²) in [6.07, 6.45) is 2.34. The van der Waals surface area contributed by atoms with Gasteiger partial charge in [0.05, 0.1) is 9.79 Å². The zero-order chi connectivity index (χ0) is 25.7. The second-order valence-corrected chi connectivity index (χ2v) is 10.9. The molecule has 0 aliphatic carbocycles. The lowest BCUT2D eigenvalue weighted by Gasteiger charge is -2.23. The Labute approximate surface area is 217 Å². The summed E-state index contributed by atoms with van der Waals surface area (Å²) in [4.78, 5) is 16.0. The molecule has 0 atom stereocenters. The molecule has 0 saturated carbocycles. The maximum Gasteiger partial charge on any atom is 0.242 e. The molecule has 0 radical (unpaired) electrons. The van der Waals surface area contributed by atoms with Crippen molar-refractivity contribution in [2.75, 3.05) is 6.54 Å². The van der Waals surface area contributed by atoms with Gasteiger partial charge < -0.3 is 9.47 Å². The molecule has 1 heterocycles. The summed E-state index contributed by atoms with van der Waals surface area (Å²) in [5.41, 5.74) is 2.93. The van der Waals surface area contributed by atoms with Crippen molar-refractivity contribution in [3.63, 3.8) is 0 Å². The van der Waals surface area contributed by atoms with Crippen molar-refractivity contribution in [3.05, 3.63) is 133 Å². The van der Waals surface area contributed by atoms with E-state index in [-0.39, 0.29) is 22.2 Å². The lowest BCUT2D eigenvalue weighted by atomic mass is 10.1. The van der Waals surface area contributed by atoms with Crippen molar-refractivity contribution in [1.29, 1.82) is 0 Å². The highest BCUT2D eigenvalue weighted by atomic mass is 32.2. The Kier molecular flexibility index (Phi) is 7.19. The minimum absolute atomic E-state index is 0.0481. The van der Waals surface area contributed by atoms with Crippen molar-refractivity contribution in [2.24, 2.45) is 0 Å². The minimum Gasteiger partial charge on any atom is -0.337 e. The second-order valence-electron chi connectivity index (χ2n) is 8.99. The fourth-order valence-corrected chi connectivity index (χ4v) is 6.03. The van der Waals surface area contributed by atoms with Gasteiger partial charge in [-0.3, -0.25) is 4.79 Å². The van der Waals surface area contributed by atoms with E-state index in [1.54, 1.807) is 47.2 Å². The Hall–Kier alpha value is -4.16. The van der Waals surface area contributed by atoms with Gasteiger partial charge in [0.15, 0.2) is 0 Å². The number of amides is 1. The maximum atomic E-state index is 13.7. The van der Waals surface area contributed by atoms with Crippen LogP contribution in [0.3, 0.4) is 0 Å². The van der Waals surface area contributed by atoms with Crippen LogP contribution < -0.4 is 0 Å². The lowest BCUT2D eigenvalue weighted by molar-refractivity contribution is -0.132. The first-order valence-corrected chi connectivity index (χ1v) is 13.7. The molecule has 0 aliphatic heterocycles. The number of hydrogen-bond donors (Lipinski definition) is 0. The molecule has 0 bridgehead atoms. The molecule has 0 saturated heterocycles. The van der Waals surface area contributed by atoms with Crippen LogP contribution in [0.5, 0.6) is 0 Å². The SMILES string of the molecule is O=C(Cn1cc(S(=O)(=O)c2ccccc2)c2ccccc21)N(CCc1ccccc1)Cc1ccccc1. The number of carbonyl (C=O) groups is 1. The number of carbonyl (C=O) groups excluding carboxylic acids is 1. The van der Waals surface area contributed by atoms with Gasteiger partial charge in [-0.25, -0.2) is 8.42 Å². The van der Waals surface area contributed by atoms with Crippen molar-refractivity contribution in [2.45, 2.75) is 29.3 Å². The summed E-state index contributed by atoms with van der Waals surface area (Å²) >= 11 is 0. The molecule has 37 heavy (non-hydrogen) atoms. The molecule has 0 aliphatic rings. The van der Waals surface area contributed by atoms with E-state index in [9.17, 15) is 13.2 Å². The number of para-hydroxylation sites is 1. The molecule has 0 N–H and O–H groups in total. The summed E-state index contributed by atoms with van der Waals surface area (Å²) in [5, 5.41) is 0.609. The van der Waals surface area contributed by atoms with E-state index in [4.69, 9.17) is 0 Å². The van der Waals surface area contributed by atoms with Crippen molar-refractivity contribution >= 4 is 26.6 Å². The van der Waals surface area contributed by atoms with Gasteiger partial charge in [0.25, 0.3) is 0 Å². The molecule has 1 aromatic heterocycles. The highest BCUT2D eigenvalue weighted by molar-refractivity contribution is 7.91. The van der Waals surface area contributed by atoms with Gasteiger partial charge in [0, 0.05) is 30.2 Å². The van der Waals surface area contributed by atoms with E-state index in [0.717, 1.165) is 17.5 Å². The Morgan fingerprint density at radius 1 is 0.703 bits per heavy atom. The van der Waals surface area contributed by atoms with Crippen LogP contribution in [0, 0.1) is 0 Å². The molecule has 0 spiro atoms. The van der Waals surface area contributed by atoms with E-state index >= 15 is 0 Å². The molecule has 4 aromatic carbocycles. The smallest absolute Gasteiger partial charge is 0.242 e. The molecular weight excluding hydrogens is 480 g/mol. The van der Waals surface area contributed by atoms with Gasteiger partial charge >= 0.3 is 0 Å². The summed E-state index contributed by atoms with van der Waals surface area (Å²) in [7, 11) is -3.74. The molecule has 1 amide bonds. The third-order valence-corrected chi connectivity index (χ3v) is 8.28. The highest BCUT2D eigenvalue weighted by Gasteiger charge is 2.24. The molecule has 5 rings (SSSR count). The Bertz CT molecular complexity index is 1600. The zero-order valence-electron chi connectivity index (χ0n) is 20.4.